The summed E-state index contributed by atoms with van der Waals surface area (Å²) in [7, 11) is 0. The normalized spacial score (nSPS) is 16.1. The molecular formula is C14H12F3N3. The highest BCUT2D eigenvalue weighted by Gasteiger charge is 2.33. The minimum absolute atomic E-state index is 0.254. The maximum Gasteiger partial charge on any atom is 0.417 e. The van der Waals surface area contributed by atoms with Gasteiger partial charge in [0.2, 0.25) is 0 Å². The fourth-order valence-corrected chi connectivity index (χ4v) is 2.70. The molecule has 20 heavy (non-hydrogen) atoms. The highest BCUT2D eigenvalue weighted by molar-refractivity contribution is 5.85. The van der Waals surface area contributed by atoms with Gasteiger partial charge in [0.15, 0.2) is 0 Å². The Morgan fingerprint density at radius 2 is 2.10 bits per heavy atom. The second kappa shape index (κ2) is 4.23. The summed E-state index contributed by atoms with van der Waals surface area (Å²) in [5.41, 5.74) is 0.675. The first-order valence-electron chi connectivity index (χ1n) is 6.41. The fraction of sp³-hybridized carbons (Fsp3) is 0.429. The quantitative estimate of drug-likeness (QED) is 0.792. The lowest BCUT2D eigenvalue weighted by Crippen LogP contribution is -2.18. The lowest BCUT2D eigenvalue weighted by Gasteiger charge is -2.28. The van der Waals surface area contributed by atoms with Crippen LogP contribution in [0.3, 0.4) is 0 Å². The van der Waals surface area contributed by atoms with Gasteiger partial charge in [-0.25, -0.2) is 4.98 Å². The van der Waals surface area contributed by atoms with Crippen LogP contribution in [0.4, 0.5) is 13.2 Å². The van der Waals surface area contributed by atoms with E-state index in [1.807, 2.05) is 10.6 Å². The van der Waals surface area contributed by atoms with Gasteiger partial charge >= 0.3 is 6.18 Å². The number of nitrogens with zero attached hydrogens (tertiary/aromatic N) is 3. The summed E-state index contributed by atoms with van der Waals surface area (Å²) in [6.07, 6.45) is -0.527. The molecule has 6 heteroatoms. The van der Waals surface area contributed by atoms with E-state index < -0.39 is 11.7 Å². The predicted octanol–water partition coefficient (Wildman–Crippen LogP) is 3.96. The summed E-state index contributed by atoms with van der Waals surface area (Å²) in [5, 5.41) is 9.52. The largest absolute Gasteiger partial charge is 0.417 e. The van der Waals surface area contributed by atoms with E-state index in [1.54, 1.807) is 6.92 Å². The van der Waals surface area contributed by atoms with E-state index in [-0.39, 0.29) is 6.04 Å². The van der Waals surface area contributed by atoms with Crippen LogP contribution < -0.4 is 0 Å². The third-order valence-electron chi connectivity index (χ3n) is 3.97. The van der Waals surface area contributed by atoms with Crippen LogP contribution in [0, 0.1) is 18.3 Å². The molecular weight excluding hydrogens is 267 g/mol. The maximum absolute atomic E-state index is 12.8. The maximum atomic E-state index is 12.8. The van der Waals surface area contributed by atoms with E-state index in [1.165, 1.54) is 0 Å². The van der Waals surface area contributed by atoms with Gasteiger partial charge in [0.05, 0.1) is 11.1 Å². The van der Waals surface area contributed by atoms with Crippen molar-refractivity contribution in [1.82, 2.24) is 9.55 Å². The molecule has 0 unspecified atom stereocenters. The van der Waals surface area contributed by atoms with Crippen molar-refractivity contribution < 1.29 is 13.2 Å². The molecule has 104 valence electrons. The lowest BCUT2D eigenvalue weighted by atomic mass is 9.92. The number of alkyl halides is 3. The highest BCUT2D eigenvalue weighted by Crippen LogP contribution is 2.39. The van der Waals surface area contributed by atoms with Crippen LogP contribution in [-0.2, 0) is 6.18 Å². The number of hydrogen-bond donors (Lipinski definition) is 0. The summed E-state index contributed by atoms with van der Waals surface area (Å²) in [6, 6.07) is 3.30. The number of fused-ring (bicyclic) bond motifs is 1. The zero-order valence-electron chi connectivity index (χ0n) is 10.8. The van der Waals surface area contributed by atoms with Gasteiger partial charge in [-0.3, -0.25) is 0 Å². The lowest BCUT2D eigenvalue weighted by molar-refractivity contribution is -0.137. The van der Waals surface area contributed by atoms with Crippen LogP contribution >= 0.6 is 0 Å². The molecule has 2 aromatic heterocycles. The Morgan fingerprint density at radius 3 is 2.60 bits per heavy atom. The molecule has 1 fully saturated rings. The van der Waals surface area contributed by atoms with Gasteiger partial charge in [-0.1, -0.05) is 0 Å². The number of halogens is 3. The van der Waals surface area contributed by atoms with Gasteiger partial charge in [-0.2, -0.15) is 18.4 Å². The van der Waals surface area contributed by atoms with Gasteiger partial charge in [-0.15, -0.1) is 0 Å². The Kier molecular flexibility index (Phi) is 2.75. The van der Waals surface area contributed by atoms with E-state index in [9.17, 15) is 18.4 Å². The van der Waals surface area contributed by atoms with Crippen LogP contribution in [0.15, 0.2) is 12.3 Å². The monoisotopic (exact) mass is 279 g/mol. The van der Waals surface area contributed by atoms with Crippen LogP contribution in [0.5, 0.6) is 0 Å². The molecule has 1 aliphatic carbocycles. The number of rotatable bonds is 1. The third kappa shape index (κ3) is 1.77. The molecule has 0 aromatic carbocycles. The highest BCUT2D eigenvalue weighted by atomic mass is 19.4. The van der Waals surface area contributed by atoms with Gasteiger partial charge < -0.3 is 4.57 Å². The Balaban J connectivity index is 2.28. The molecule has 0 aliphatic heterocycles. The zero-order valence-corrected chi connectivity index (χ0v) is 10.8. The average Bonchev–Trinajstić information content (AvgIpc) is 2.59. The van der Waals surface area contributed by atoms with Crippen molar-refractivity contribution in [3.8, 4) is 6.07 Å². The van der Waals surface area contributed by atoms with E-state index in [4.69, 9.17) is 0 Å². The number of nitriles is 1. The van der Waals surface area contributed by atoms with Crippen molar-refractivity contribution >= 4 is 11.0 Å². The van der Waals surface area contributed by atoms with Crippen LogP contribution in [-0.4, -0.2) is 9.55 Å². The van der Waals surface area contributed by atoms with E-state index >= 15 is 0 Å². The molecule has 1 saturated carbocycles. The van der Waals surface area contributed by atoms with Crippen LogP contribution in [0.2, 0.25) is 0 Å². The van der Waals surface area contributed by atoms with Crippen molar-refractivity contribution in [2.45, 2.75) is 38.4 Å². The summed E-state index contributed by atoms with van der Waals surface area (Å²) >= 11 is 0. The van der Waals surface area contributed by atoms with Gasteiger partial charge in [0.25, 0.3) is 0 Å². The molecule has 0 atom stereocenters. The van der Waals surface area contributed by atoms with Crippen LogP contribution in [0.25, 0.3) is 11.0 Å². The number of pyridine rings is 1. The van der Waals surface area contributed by atoms with Crippen molar-refractivity contribution in [3.63, 3.8) is 0 Å². The Morgan fingerprint density at radius 1 is 1.40 bits per heavy atom. The summed E-state index contributed by atoms with van der Waals surface area (Å²) in [6.45, 7) is 1.77. The molecule has 0 N–H and O–H groups in total. The molecule has 0 bridgehead atoms. The third-order valence-corrected chi connectivity index (χ3v) is 3.97. The van der Waals surface area contributed by atoms with Crippen molar-refractivity contribution in [2.24, 2.45) is 0 Å². The first-order valence-corrected chi connectivity index (χ1v) is 6.41. The molecule has 0 saturated heterocycles. The topological polar surface area (TPSA) is 41.6 Å². The molecule has 3 nitrogen and oxygen atoms in total. The zero-order chi connectivity index (χ0) is 14.5. The van der Waals surface area contributed by atoms with Crippen molar-refractivity contribution in [2.75, 3.05) is 0 Å². The Bertz CT molecular complexity index is 718. The van der Waals surface area contributed by atoms with E-state index in [0.717, 1.165) is 31.5 Å². The summed E-state index contributed by atoms with van der Waals surface area (Å²) in [5.74, 6) is 0. The Hall–Kier alpha value is -2.03. The summed E-state index contributed by atoms with van der Waals surface area (Å²) < 4.78 is 40.2. The number of hydrogen-bond acceptors (Lipinski definition) is 2. The molecule has 0 radical (unpaired) electrons. The van der Waals surface area contributed by atoms with E-state index in [2.05, 4.69) is 4.98 Å². The molecule has 0 spiro atoms. The fourth-order valence-electron chi connectivity index (χ4n) is 2.70. The first-order chi connectivity index (χ1) is 9.43. The molecule has 2 aromatic rings. The van der Waals surface area contributed by atoms with Crippen molar-refractivity contribution in [1.29, 1.82) is 5.26 Å². The molecule has 2 heterocycles. The first kappa shape index (κ1) is 13.0. The summed E-state index contributed by atoms with van der Waals surface area (Å²) in [4.78, 5) is 3.97. The Labute approximate surface area is 113 Å². The number of aromatic nitrogens is 2. The average molecular weight is 279 g/mol. The van der Waals surface area contributed by atoms with Gasteiger partial charge in [-0.05, 0) is 32.3 Å². The predicted molar refractivity (Wildman–Crippen MR) is 67.1 cm³/mol. The van der Waals surface area contributed by atoms with Crippen LogP contribution in [0.1, 0.15) is 42.1 Å². The smallest absolute Gasteiger partial charge is 0.325 e. The van der Waals surface area contributed by atoms with Crippen molar-refractivity contribution in [3.05, 3.63) is 29.1 Å². The SMILES string of the molecule is Cc1c(C#N)c2cc(C(F)(F)F)cnc2n1C1CCC1. The van der Waals surface area contributed by atoms with E-state index in [0.29, 0.717) is 22.3 Å². The van der Waals surface area contributed by atoms with Gasteiger partial charge in [0, 0.05) is 23.3 Å². The minimum atomic E-state index is -4.44. The second-order valence-corrected chi connectivity index (χ2v) is 5.12. The standard InChI is InChI=1S/C14H12F3N3/c1-8-12(6-18)11-5-9(14(15,16)17)7-19-13(11)20(8)10-3-2-4-10/h5,7,10H,2-4H2,1H3. The second-order valence-electron chi connectivity index (χ2n) is 5.12. The minimum Gasteiger partial charge on any atom is -0.325 e. The molecule has 3 rings (SSSR count). The molecule has 0 amide bonds. The van der Waals surface area contributed by atoms with Gasteiger partial charge in [0.1, 0.15) is 11.7 Å². The molecule has 1 aliphatic rings.